The molecular formula is C15H19N3. The van der Waals surface area contributed by atoms with Crippen molar-refractivity contribution in [3.05, 3.63) is 42.5 Å². The second-order valence-corrected chi connectivity index (χ2v) is 4.78. The molecule has 0 saturated carbocycles. The Bertz CT molecular complexity index is 463. The van der Waals surface area contributed by atoms with Crippen LogP contribution in [0.15, 0.2) is 42.5 Å². The van der Waals surface area contributed by atoms with E-state index >= 15 is 0 Å². The normalized spacial score (nSPS) is 10.6. The molecule has 1 N–H and O–H groups in total. The number of hydrogen-bond donors (Lipinski definition) is 1. The van der Waals surface area contributed by atoms with Crippen molar-refractivity contribution in [3.8, 4) is 11.3 Å². The Balaban J connectivity index is 1.98. The molecule has 0 bridgehead atoms. The Morgan fingerprint density at radius 1 is 1.00 bits per heavy atom. The van der Waals surface area contributed by atoms with Crippen molar-refractivity contribution in [2.45, 2.75) is 20.3 Å². The van der Waals surface area contributed by atoms with Gasteiger partial charge in [-0.15, -0.1) is 10.2 Å². The molecule has 3 nitrogen and oxygen atoms in total. The fourth-order valence-electron chi connectivity index (χ4n) is 1.68. The molecule has 18 heavy (non-hydrogen) atoms. The summed E-state index contributed by atoms with van der Waals surface area (Å²) in [5.41, 5.74) is 2.00. The number of nitrogens with zero attached hydrogens (tertiary/aromatic N) is 2. The van der Waals surface area contributed by atoms with Crippen molar-refractivity contribution in [2.75, 3.05) is 11.9 Å². The van der Waals surface area contributed by atoms with Gasteiger partial charge in [-0.3, -0.25) is 0 Å². The van der Waals surface area contributed by atoms with Crippen LogP contribution in [0.25, 0.3) is 11.3 Å². The van der Waals surface area contributed by atoms with Gasteiger partial charge >= 0.3 is 0 Å². The second-order valence-electron chi connectivity index (χ2n) is 4.78. The summed E-state index contributed by atoms with van der Waals surface area (Å²) in [6.07, 6.45) is 1.14. The van der Waals surface area contributed by atoms with Crippen molar-refractivity contribution >= 4 is 5.82 Å². The molecule has 0 aliphatic rings. The molecule has 0 aliphatic carbocycles. The summed E-state index contributed by atoms with van der Waals surface area (Å²) in [6.45, 7) is 5.37. The van der Waals surface area contributed by atoms with Gasteiger partial charge in [0.2, 0.25) is 0 Å². The van der Waals surface area contributed by atoms with E-state index in [0.717, 1.165) is 30.0 Å². The summed E-state index contributed by atoms with van der Waals surface area (Å²) >= 11 is 0. The van der Waals surface area contributed by atoms with Crippen LogP contribution in [0.3, 0.4) is 0 Å². The second kappa shape index (κ2) is 6.15. The van der Waals surface area contributed by atoms with E-state index in [4.69, 9.17) is 0 Å². The van der Waals surface area contributed by atoms with Gasteiger partial charge in [-0.25, -0.2) is 0 Å². The van der Waals surface area contributed by atoms with Crippen molar-refractivity contribution in [1.82, 2.24) is 10.2 Å². The van der Waals surface area contributed by atoms with Crippen molar-refractivity contribution < 1.29 is 0 Å². The van der Waals surface area contributed by atoms with Crippen molar-refractivity contribution in [1.29, 1.82) is 0 Å². The van der Waals surface area contributed by atoms with E-state index in [2.05, 4.69) is 29.4 Å². The highest BCUT2D eigenvalue weighted by molar-refractivity contribution is 5.59. The van der Waals surface area contributed by atoms with E-state index in [1.807, 2.05) is 42.5 Å². The first-order valence-corrected chi connectivity index (χ1v) is 6.39. The fourth-order valence-corrected chi connectivity index (χ4v) is 1.68. The quantitative estimate of drug-likeness (QED) is 0.869. The Hall–Kier alpha value is -1.90. The van der Waals surface area contributed by atoms with Crippen LogP contribution in [-0.2, 0) is 0 Å². The molecular weight excluding hydrogens is 222 g/mol. The maximum absolute atomic E-state index is 4.23. The summed E-state index contributed by atoms with van der Waals surface area (Å²) in [4.78, 5) is 0. The molecule has 2 aromatic rings. The van der Waals surface area contributed by atoms with Crippen LogP contribution in [0.1, 0.15) is 20.3 Å². The van der Waals surface area contributed by atoms with E-state index in [-0.39, 0.29) is 0 Å². The van der Waals surface area contributed by atoms with Crippen LogP contribution in [-0.4, -0.2) is 16.7 Å². The lowest BCUT2D eigenvalue weighted by molar-refractivity contribution is 0.606. The minimum atomic E-state index is 0.703. The summed E-state index contributed by atoms with van der Waals surface area (Å²) in [5.74, 6) is 1.55. The lowest BCUT2D eigenvalue weighted by Gasteiger charge is -2.07. The maximum atomic E-state index is 4.23. The average Bonchev–Trinajstić information content (AvgIpc) is 2.40. The summed E-state index contributed by atoms with van der Waals surface area (Å²) in [6, 6.07) is 14.1. The third-order valence-electron chi connectivity index (χ3n) is 2.76. The molecule has 2 rings (SSSR count). The molecule has 0 spiro atoms. The van der Waals surface area contributed by atoms with Crippen molar-refractivity contribution in [3.63, 3.8) is 0 Å². The van der Waals surface area contributed by atoms with Crippen LogP contribution < -0.4 is 5.32 Å². The summed E-state index contributed by atoms with van der Waals surface area (Å²) in [5, 5.41) is 11.7. The molecule has 1 aromatic carbocycles. The summed E-state index contributed by atoms with van der Waals surface area (Å²) in [7, 11) is 0. The first-order chi connectivity index (χ1) is 8.75. The van der Waals surface area contributed by atoms with Gasteiger partial charge in [-0.1, -0.05) is 44.2 Å². The average molecular weight is 241 g/mol. The van der Waals surface area contributed by atoms with E-state index < -0.39 is 0 Å². The molecule has 3 heteroatoms. The zero-order chi connectivity index (χ0) is 12.8. The van der Waals surface area contributed by atoms with Gasteiger partial charge in [0, 0.05) is 12.1 Å². The molecule has 0 saturated heterocycles. The number of hydrogen-bond acceptors (Lipinski definition) is 3. The third kappa shape index (κ3) is 3.55. The number of nitrogens with one attached hydrogen (secondary N) is 1. The van der Waals surface area contributed by atoms with Crippen LogP contribution in [0.2, 0.25) is 0 Å². The Labute approximate surface area is 108 Å². The molecule has 0 amide bonds. The van der Waals surface area contributed by atoms with E-state index in [1.54, 1.807) is 0 Å². The minimum absolute atomic E-state index is 0.703. The van der Waals surface area contributed by atoms with Gasteiger partial charge < -0.3 is 5.32 Å². The lowest BCUT2D eigenvalue weighted by atomic mass is 10.1. The first kappa shape index (κ1) is 12.6. The highest BCUT2D eigenvalue weighted by atomic mass is 15.2. The molecule has 94 valence electrons. The van der Waals surface area contributed by atoms with Crippen LogP contribution in [0.4, 0.5) is 5.82 Å². The number of anilines is 1. The molecule has 0 unspecified atom stereocenters. The van der Waals surface area contributed by atoms with Gasteiger partial charge in [0.15, 0.2) is 0 Å². The third-order valence-corrected chi connectivity index (χ3v) is 2.76. The van der Waals surface area contributed by atoms with Crippen LogP contribution >= 0.6 is 0 Å². The van der Waals surface area contributed by atoms with Gasteiger partial charge in [0.1, 0.15) is 5.82 Å². The highest BCUT2D eigenvalue weighted by Gasteiger charge is 2.00. The van der Waals surface area contributed by atoms with Gasteiger partial charge in [0.05, 0.1) is 5.69 Å². The summed E-state index contributed by atoms with van der Waals surface area (Å²) < 4.78 is 0. The van der Waals surface area contributed by atoms with E-state index in [9.17, 15) is 0 Å². The Morgan fingerprint density at radius 2 is 1.78 bits per heavy atom. The maximum Gasteiger partial charge on any atom is 0.148 e. The van der Waals surface area contributed by atoms with E-state index in [0.29, 0.717) is 5.92 Å². The van der Waals surface area contributed by atoms with Gasteiger partial charge in [-0.2, -0.15) is 0 Å². The minimum Gasteiger partial charge on any atom is -0.369 e. The number of rotatable bonds is 5. The number of aromatic nitrogens is 2. The predicted molar refractivity (Wildman–Crippen MR) is 75.4 cm³/mol. The fraction of sp³-hybridized carbons (Fsp3) is 0.333. The molecule has 1 aromatic heterocycles. The smallest absolute Gasteiger partial charge is 0.148 e. The lowest BCUT2D eigenvalue weighted by Crippen LogP contribution is -2.06. The monoisotopic (exact) mass is 241 g/mol. The van der Waals surface area contributed by atoms with E-state index in [1.165, 1.54) is 0 Å². The molecule has 0 radical (unpaired) electrons. The Kier molecular flexibility index (Phi) is 4.29. The largest absolute Gasteiger partial charge is 0.369 e. The highest BCUT2D eigenvalue weighted by Crippen LogP contribution is 2.16. The topological polar surface area (TPSA) is 37.8 Å². The standard InChI is InChI=1S/C15H19N3/c1-12(2)10-11-16-15-9-8-14(17-18-15)13-6-4-3-5-7-13/h3-9,12H,10-11H2,1-2H3,(H,16,18). The molecule has 0 atom stereocenters. The SMILES string of the molecule is CC(C)CCNc1ccc(-c2ccccc2)nn1. The molecule has 1 heterocycles. The zero-order valence-electron chi connectivity index (χ0n) is 10.9. The van der Waals surface area contributed by atoms with Crippen molar-refractivity contribution in [2.24, 2.45) is 5.92 Å². The molecule has 0 fully saturated rings. The molecule has 0 aliphatic heterocycles. The van der Waals surface area contributed by atoms with Gasteiger partial charge in [0.25, 0.3) is 0 Å². The Morgan fingerprint density at radius 3 is 2.39 bits per heavy atom. The number of benzene rings is 1. The van der Waals surface area contributed by atoms with Gasteiger partial charge in [-0.05, 0) is 24.5 Å². The predicted octanol–water partition coefficient (Wildman–Crippen LogP) is 3.60. The zero-order valence-corrected chi connectivity index (χ0v) is 10.9. The van der Waals surface area contributed by atoms with Crippen LogP contribution in [0.5, 0.6) is 0 Å². The van der Waals surface area contributed by atoms with Crippen LogP contribution in [0, 0.1) is 5.92 Å². The first-order valence-electron chi connectivity index (χ1n) is 6.39.